The van der Waals surface area contributed by atoms with Gasteiger partial charge in [-0.1, -0.05) is 11.6 Å². The van der Waals surface area contributed by atoms with Gasteiger partial charge in [-0.3, -0.25) is 4.79 Å². The number of hydrogen-bond donors (Lipinski definition) is 1. The first-order valence-electron chi connectivity index (χ1n) is 2.67. The van der Waals surface area contributed by atoms with Crippen LogP contribution >= 0.6 is 23.2 Å². The molecule has 2 nitrogen and oxygen atoms in total. The SMILES string of the molecule is O=c1cc(Cl)[nH]cc1CCl. The second kappa shape index (κ2) is 3.08. The minimum Gasteiger partial charge on any atom is -0.352 e. The number of H-pyrrole nitrogens is 1. The molecular weight excluding hydrogens is 173 g/mol. The third kappa shape index (κ3) is 1.52. The Labute approximate surface area is 67.8 Å². The van der Waals surface area contributed by atoms with Gasteiger partial charge >= 0.3 is 0 Å². The van der Waals surface area contributed by atoms with Gasteiger partial charge in [0.15, 0.2) is 5.43 Å². The normalized spacial score (nSPS) is 9.80. The summed E-state index contributed by atoms with van der Waals surface area (Å²) in [6, 6.07) is 1.30. The van der Waals surface area contributed by atoms with E-state index in [1.165, 1.54) is 12.3 Å². The summed E-state index contributed by atoms with van der Waals surface area (Å²) in [5.74, 6) is 0.215. The van der Waals surface area contributed by atoms with Crippen LogP contribution in [0.4, 0.5) is 0 Å². The summed E-state index contributed by atoms with van der Waals surface area (Å²) in [6.07, 6.45) is 1.51. The molecule has 0 aliphatic carbocycles. The van der Waals surface area contributed by atoms with Gasteiger partial charge in [-0.25, -0.2) is 0 Å². The van der Waals surface area contributed by atoms with Gasteiger partial charge in [-0.05, 0) is 0 Å². The quantitative estimate of drug-likeness (QED) is 0.515. The highest BCUT2D eigenvalue weighted by molar-refractivity contribution is 6.29. The maximum Gasteiger partial charge on any atom is 0.187 e. The van der Waals surface area contributed by atoms with Gasteiger partial charge in [0.1, 0.15) is 5.15 Å². The fourth-order valence-electron chi connectivity index (χ4n) is 0.581. The Hall–Kier alpha value is -0.470. The van der Waals surface area contributed by atoms with Crippen molar-refractivity contribution in [1.82, 2.24) is 4.98 Å². The number of nitrogens with one attached hydrogen (secondary N) is 1. The third-order valence-electron chi connectivity index (χ3n) is 1.10. The van der Waals surface area contributed by atoms with Gasteiger partial charge in [0.2, 0.25) is 0 Å². The molecular formula is C6H5Cl2NO. The van der Waals surface area contributed by atoms with Crippen LogP contribution in [0.3, 0.4) is 0 Å². The summed E-state index contributed by atoms with van der Waals surface area (Å²) in [5, 5.41) is 0.332. The Bertz CT molecular complexity index is 281. The molecule has 0 saturated carbocycles. The van der Waals surface area contributed by atoms with E-state index in [1.54, 1.807) is 0 Å². The molecule has 10 heavy (non-hydrogen) atoms. The Kier molecular flexibility index (Phi) is 2.35. The first kappa shape index (κ1) is 7.63. The molecule has 0 aliphatic rings. The number of aromatic amines is 1. The Morgan fingerprint density at radius 1 is 1.60 bits per heavy atom. The zero-order valence-electron chi connectivity index (χ0n) is 5.03. The molecule has 0 aliphatic heterocycles. The van der Waals surface area contributed by atoms with Gasteiger partial charge in [0, 0.05) is 17.8 Å². The van der Waals surface area contributed by atoms with E-state index in [9.17, 15) is 4.79 Å². The highest BCUT2D eigenvalue weighted by Crippen LogP contribution is 2.01. The number of hydrogen-bond acceptors (Lipinski definition) is 1. The van der Waals surface area contributed by atoms with Crippen molar-refractivity contribution >= 4 is 23.2 Å². The molecule has 54 valence electrons. The summed E-state index contributed by atoms with van der Waals surface area (Å²) in [7, 11) is 0. The van der Waals surface area contributed by atoms with Crippen LogP contribution in [0.1, 0.15) is 5.56 Å². The smallest absolute Gasteiger partial charge is 0.187 e. The molecule has 1 aromatic heterocycles. The number of aromatic nitrogens is 1. The Morgan fingerprint density at radius 3 is 2.80 bits per heavy atom. The lowest BCUT2D eigenvalue weighted by molar-refractivity contribution is 1.21. The monoisotopic (exact) mass is 177 g/mol. The number of halogens is 2. The van der Waals surface area contributed by atoms with Crippen LogP contribution in [0.15, 0.2) is 17.1 Å². The first-order valence-corrected chi connectivity index (χ1v) is 3.58. The fraction of sp³-hybridized carbons (Fsp3) is 0.167. The average molecular weight is 178 g/mol. The standard InChI is InChI=1S/C6H5Cl2NO/c7-2-4-3-9-6(8)1-5(4)10/h1,3H,2H2,(H,9,10). The molecule has 0 atom stereocenters. The lowest BCUT2D eigenvalue weighted by Crippen LogP contribution is -2.05. The summed E-state index contributed by atoms with van der Waals surface area (Å²) in [6.45, 7) is 0. The predicted octanol–water partition coefficient (Wildman–Crippen LogP) is 1.77. The van der Waals surface area contributed by atoms with Crippen molar-refractivity contribution in [2.45, 2.75) is 5.88 Å². The second-order valence-electron chi connectivity index (χ2n) is 1.80. The lowest BCUT2D eigenvalue weighted by atomic mass is 10.3. The summed E-state index contributed by atoms with van der Waals surface area (Å²) in [4.78, 5) is 13.6. The summed E-state index contributed by atoms with van der Waals surface area (Å²) < 4.78 is 0. The van der Waals surface area contributed by atoms with Crippen LogP contribution in [0.2, 0.25) is 5.15 Å². The largest absolute Gasteiger partial charge is 0.352 e. The van der Waals surface area contributed by atoms with Crippen LogP contribution in [0.5, 0.6) is 0 Å². The number of pyridine rings is 1. The highest BCUT2D eigenvalue weighted by Gasteiger charge is 1.96. The Morgan fingerprint density at radius 2 is 2.30 bits per heavy atom. The zero-order chi connectivity index (χ0) is 7.56. The molecule has 0 aromatic carbocycles. The van der Waals surface area contributed by atoms with Crippen LogP contribution in [-0.2, 0) is 5.88 Å². The van der Waals surface area contributed by atoms with Crippen molar-refractivity contribution < 1.29 is 0 Å². The van der Waals surface area contributed by atoms with E-state index in [-0.39, 0.29) is 11.3 Å². The maximum absolute atomic E-state index is 10.9. The van der Waals surface area contributed by atoms with E-state index in [2.05, 4.69) is 4.98 Å². The average Bonchev–Trinajstić information content (AvgIpc) is 1.88. The van der Waals surface area contributed by atoms with E-state index >= 15 is 0 Å². The summed E-state index contributed by atoms with van der Waals surface area (Å²) in [5.41, 5.74) is 0.407. The molecule has 0 spiro atoms. The molecule has 0 amide bonds. The summed E-state index contributed by atoms with van der Waals surface area (Å²) >= 11 is 10.9. The topological polar surface area (TPSA) is 32.9 Å². The molecule has 1 heterocycles. The lowest BCUT2D eigenvalue weighted by Gasteiger charge is -1.92. The minimum atomic E-state index is -0.126. The number of rotatable bonds is 1. The van der Waals surface area contributed by atoms with Gasteiger partial charge < -0.3 is 4.98 Å². The van der Waals surface area contributed by atoms with Crippen molar-refractivity contribution in [3.8, 4) is 0 Å². The van der Waals surface area contributed by atoms with Gasteiger partial charge in [-0.2, -0.15) is 0 Å². The molecule has 1 aromatic rings. The predicted molar refractivity (Wildman–Crippen MR) is 41.6 cm³/mol. The van der Waals surface area contributed by atoms with Crippen LogP contribution in [0.25, 0.3) is 0 Å². The molecule has 0 fully saturated rings. The van der Waals surface area contributed by atoms with E-state index in [4.69, 9.17) is 23.2 Å². The van der Waals surface area contributed by atoms with Crippen molar-refractivity contribution in [3.63, 3.8) is 0 Å². The molecule has 0 radical (unpaired) electrons. The molecule has 0 unspecified atom stereocenters. The van der Waals surface area contributed by atoms with E-state index in [1.807, 2.05) is 0 Å². The molecule has 0 bridgehead atoms. The van der Waals surface area contributed by atoms with Crippen LogP contribution < -0.4 is 5.43 Å². The second-order valence-corrected chi connectivity index (χ2v) is 2.48. The molecule has 0 saturated heterocycles. The van der Waals surface area contributed by atoms with E-state index in [0.29, 0.717) is 10.7 Å². The zero-order valence-corrected chi connectivity index (χ0v) is 6.54. The van der Waals surface area contributed by atoms with Crippen molar-refractivity contribution in [3.05, 3.63) is 33.2 Å². The van der Waals surface area contributed by atoms with Crippen molar-refractivity contribution in [2.24, 2.45) is 0 Å². The third-order valence-corrected chi connectivity index (χ3v) is 1.61. The van der Waals surface area contributed by atoms with Gasteiger partial charge in [0.25, 0.3) is 0 Å². The number of alkyl halides is 1. The van der Waals surface area contributed by atoms with E-state index < -0.39 is 0 Å². The highest BCUT2D eigenvalue weighted by atomic mass is 35.5. The molecule has 1 rings (SSSR count). The minimum absolute atomic E-state index is 0.126. The van der Waals surface area contributed by atoms with Gasteiger partial charge in [0.05, 0.1) is 5.88 Å². The fourth-order valence-corrected chi connectivity index (χ4v) is 0.944. The maximum atomic E-state index is 10.9. The first-order chi connectivity index (χ1) is 4.74. The van der Waals surface area contributed by atoms with E-state index in [0.717, 1.165) is 0 Å². The van der Waals surface area contributed by atoms with Crippen molar-refractivity contribution in [2.75, 3.05) is 0 Å². The molecule has 1 N–H and O–H groups in total. The molecule has 4 heteroatoms. The van der Waals surface area contributed by atoms with Crippen molar-refractivity contribution in [1.29, 1.82) is 0 Å². The Balaban J connectivity index is 3.20. The van der Waals surface area contributed by atoms with Crippen LogP contribution in [-0.4, -0.2) is 4.98 Å². The van der Waals surface area contributed by atoms with Gasteiger partial charge in [-0.15, -0.1) is 11.6 Å². The van der Waals surface area contributed by atoms with Crippen LogP contribution in [0, 0.1) is 0 Å².